The molecule has 142 valence electrons. The Kier molecular flexibility index (Phi) is 5.05. The molecule has 1 N–H and O–H groups in total. The number of ether oxygens (including phenoxy) is 2. The van der Waals surface area contributed by atoms with Gasteiger partial charge in [-0.3, -0.25) is 9.59 Å². The molecule has 1 amide bonds. The second kappa shape index (κ2) is 7.96. The Labute approximate surface area is 161 Å². The van der Waals surface area contributed by atoms with E-state index in [1.54, 1.807) is 0 Å². The number of nitrogens with one attached hydrogen (secondary N) is 1. The zero-order valence-corrected chi connectivity index (χ0v) is 15.1. The maximum Gasteiger partial charge on any atom is 0.271 e. The van der Waals surface area contributed by atoms with Crippen molar-refractivity contribution in [3.63, 3.8) is 0 Å². The normalized spacial score (nSPS) is 12.0. The molecule has 3 aromatic rings. The van der Waals surface area contributed by atoms with Crippen LogP contribution in [0.1, 0.15) is 21.6 Å². The van der Waals surface area contributed by atoms with Gasteiger partial charge in [-0.15, -0.1) is 0 Å². The van der Waals surface area contributed by atoms with E-state index in [9.17, 15) is 9.59 Å². The van der Waals surface area contributed by atoms with E-state index in [4.69, 9.17) is 9.47 Å². The zero-order valence-electron chi connectivity index (χ0n) is 15.1. The number of rotatable bonds is 6. The van der Waals surface area contributed by atoms with Gasteiger partial charge in [0.2, 0.25) is 6.79 Å². The smallest absolute Gasteiger partial charge is 0.271 e. The number of carbonyl (C=O) groups excluding carboxylic acids is 1. The first-order valence-corrected chi connectivity index (χ1v) is 8.98. The molecular weight excluding hydrogens is 358 g/mol. The van der Waals surface area contributed by atoms with Gasteiger partial charge in [0.15, 0.2) is 11.5 Å². The van der Waals surface area contributed by atoms with Gasteiger partial charge in [-0.05, 0) is 35.7 Å². The highest BCUT2D eigenvalue weighted by atomic mass is 16.7. The zero-order chi connectivity index (χ0) is 19.3. The van der Waals surface area contributed by atoms with Crippen molar-refractivity contribution in [1.29, 1.82) is 0 Å². The van der Waals surface area contributed by atoms with Crippen molar-refractivity contribution in [1.82, 2.24) is 15.1 Å². The first-order chi connectivity index (χ1) is 13.7. The predicted octanol–water partition coefficient (Wildman–Crippen LogP) is 1.99. The molecule has 7 heteroatoms. The van der Waals surface area contributed by atoms with Crippen LogP contribution in [0.5, 0.6) is 11.5 Å². The van der Waals surface area contributed by atoms with Crippen LogP contribution in [0.15, 0.2) is 65.5 Å². The van der Waals surface area contributed by atoms with Crippen molar-refractivity contribution in [3.8, 4) is 11.5 Å². The van der Waals surface area contributed by atoms with Gasteiger partial charge in [0.25, 0.3) is 11.5 Å². The van der Waals surface area contributed by atoms with Gasteiger partial charge in [-0.1, -0.05) is 36.4 Å². The fourth-order valence-corrected chi connectivity index (χ4v) is 2.95. The van der Waals surface area contributed by atoms with Crippen LogP contribution in [-0.4, -0.2) is 29.0 Å². The van der Waals surface area contributed by atoms with Gasteiger partial charge < -0.3 is 14.8 Å². The number of hydrogen-bond donors (Lipinski definition) is 1. The lowest BCUT2D eigenvalue weighted by Gasteiger charge is -2.08. The fraction of sp³-hybridized carbons (Fsp3) is 0.190. The molecule has 0 saturated heterocycles. The SMILES string of the molecule is O=C(NCCc1ccc2c(c1)OCO2)c1ccc(=O)n(Cc2ccccc2)n1. The van der Waals surface area contributed by atoms with Gasteiger partial charge in [0.05, 0.1) is 6.54 Å². The summed E-state index contributed by atoms with van der Waals surface area (Å²) in [6.45, 7) is 0.996. The molecule has 0 spiro atoms. The van der Waals surface area contributed by atoms with Crippen molar-refractivity contribution in [2.45, 2.75) is 13.0 Å². The summed E-state index contributed by atoms with van der Waals surface area (Å²) in [5.41, 5.74) is 1.94. The lowest BCUT2D eigenvalue weighted by molar-refractivity contribution is 0.0946. The molecule has 1 aliphatic rings. The summed E-state index contributed by atoms with van der Waals surface area (Å²) in [7, 11) is 0. The maximum atomic E-state index is 12.4. The standard InChI is InChI=1S/C21H19N3O4/c25-20-9-7-17(23-24(20)13-16-4-2-1-3-5-16)21(26)22-11-10-15-6-8-18-19(12-15)28-14-27-18/h1-9,12H,10-11,13-14H2,(H,22,26). The van der Waals surface area contributed by atoms with Crippen LogP contribution in [0, 0.1) is 0 Å². The second-order valence-corrected chi connectivity index (χ2v) is 6.39. The Bertz CT molecular complexity index is 1050. The highest BCUT2D eigenvalue weighted by Crippen LogP contribution is 2.32. The van der Waals surface area contributed by atoms with Gasteiger partial charge >= 0.3 is 0 Å². The minimum absolute atomic E-state index is 0.209. The monoisotopic (exact) mass is 377 g/mol. The summed E-state index contributed by atoms with van der Waals surface area (Å²) in [5.74, 6) is 1.14. The number of carbonyl (C=O) groups is 1. The van der Waals surface area contributed by atoms with Crippen LogP contribution >= 0.6 is 0 Å². The van der Waals surface area contributed by atoms with Crippen LogP contribution in [0.4, 0.5) is 0 Å². The molecule has 1 aromatic heterocycles. The van der Waals surface area contributed by atoms with E-state index in [-0.39, 0.29) is 24.0 Å². The van der Waals surface area contributed by atoms with E-state index >= 15 is 0 Å². The second-order valence-electron chi connectivity index (χ2n) is 6.39. The third-order valence-corrected chi connectivity index (χ3v) is 4.41. The highest BCUT2D eigenvalue weighted by Gasteiger charge is 2.14. The average Bonchev–Trinajstić information content (AvgIpc) is 3.18. The van der Waals surface area contributed by atoms with Crippen molar-refractivity contribution in [3.05, 3.63) is 87.8 Å². The van der Waals surface area contributed by atoms with E-state index in [2.05, 4.69) is 10.4 Å². The molecule has 28 heavy (non-hydrogen) atoms. The van der Waals surface area contributed by atoms with Crippen LogP contribution < -0.4 is 20.3 Å². The van der Waals surface area contributed by atoms with Crippen LogP contribution in [0.3, 0.4) is 0 Å². The van der Waals surface area contributed by atoms with Gasteiger partial charge in [0, 0.05) is 12.6 Å². The van der Waals surface area contributed by atoms with E-state index in [0.29, 0.717) is 19.5 Å². The lowest BCUT2D eigenvalue weighted by Crippen LogP contribution is -2.30. The Hall–Kier alpha value is -3.61. The maximum absolute atomic E-state index is 12.4. The molecule has 2 heterocycles. The molecule has 0 fully saturated rings. The molecule has 4 rings (SSSR count). The number of amides is 1. The van der Waals surface area contributed by atoms with Crippen molar-refractivity contribution >= 4 is 5.91 Å². The molecule has 0 atom stereocenters. The Morgan fingerprint density at radius 3 is 2.68 bits per heavy atom. The van der Waals surface area contributed by atoms with E-state index in [1.807, 2.05) is 48.5 Å². The number of aromatic nitrogens is 2. The molecular formula is C21H19N3O4. The summed E-state index contributed by atoms with van der Waals surface area (Å²) in [6.07, 6.45) is 0.645. The van der Waals surface area contributed by atoms with Gasteiger partial charge in [0.1, 0.15) is 5.69 Å². The fourth-order valence-electron chi connectivity index (χ4n) is 2.95. The number of nitrogens with zero attached hydrogens (tertiary/aromatic N) is 2. The van der Waals surface area contributed by atoms with Crippen molar-refractivity contribution in [2.24, 2.45) is 0 Å². The Balaban J connectivity index is 1.38. The van der Waals surface area contributed by atoms with Crippen molar-refractivity contribution in [2.75, 3.05) is 13.3 Å². The average molecular weight is 377 g/mol. The summed E-state index contributed by atoms with van der Waals surface area (Å²) in [6, 6.07) is 18.0. The molecule has 0 unspecified atom stereocenters. The molecule has 0 aliphatic carbocycles. The number of hydrogen-bond acceptors (Lipinski definition) is 5. The van der Waals surface area contributed by atoms with Crippen LogP contribution in [-0.2, 0) is 13.0 Å². The molecule has 2 aromatic carbocycles. The largest absolute Gasteiger partial charge is 0.454 e. The Morgan fingerprint density at radius 2 is 1.82 bits per heavy atom. The molecule has 0 bridgehead atoms. The Morgan fingerprint density at radius 1 is 1.00 bits per heavy atom. The van der Waals surface area contributed by atoms with E-state index in [0.717, 1.165) is 22.6 Å². The van der Waals surface area contributed by atoms with Crippen molar-refractivity contribution < 1.29 is 14.3 Å². The number of benzene rings is 2. The molecule has 0 radical (unpaired) electrons. The van der Waals surface area contributed by atoms with Crippen LogP contribution in [0.2, 0.25) is 0 Å². The van der Waals surface area contributed by atoms with E-state index in [1.165, 1.54) is 16.8 Å². The lowest BCUT2D eigenvalue weighted by atomic mass is 10.1. The first-order valence-electron chi connectivity index (χ1n) is 8.98. The van der Waals surface area contributed by atoms with E-state index < -0.39 is 0 Å². The summed E-state index contributed by atoms with van der Waals surface area (Å²) >= 11 is 0. The summed E-state index contributed by atoms with van der Waals surface area (Å²) < 4.78 is 11.9. The quantitative estimate of drug-likeness (QED) is 0.710. The topological polar surface area (TPSA) is 82.5 Å². The highest BCUT2D eigenvalue weighted by molar-refractivity contribution is 5.91. The molecule has 1 aliphatic heterocycles. The minimum Gasteiger partial charge on any atom is -0.454 e. The first kappa shape index (κ1) is 17.8. The van der Waals surface area contributed by atoms with Gasteiger partial charge in [-0.25, -0.2) is 4.68 Å². The number of fused-ring (bicyclic) bond motifs is 1. The third kappa shape index (κ3) is 4.03. The van der Waals surface area contributed by atoms with Gasteiger partial charge in [-0.2, -0.15) is 5.10 Å². The minimum atomic E-state index is -0.317. The molecule has 0 saturated carbocycles. The van der Waals surface area contributed by atoms with Crippen LogP contribution in [0.25, 0.3) is 0 Å². The molecule has 7 nitrogen and oxygen atoms in total. The third-order valence-electron chi connectivity index (χ3n) is 4.41. The summed E-state index contributed by atoms with van der Waals surface area (Å²) in [5, 5.41) is 7.03. The predicted molar refractivity (Wildman–Crippen MR) is 103 cm³/mol. The summed E-state index contributed by atoms with van der Waals surface area (Å²) in [4.78, 5) is 24.4.